The Morgan fingerprint density at radius 1 is 0.444 bits per heavy atom. The highest BCUT2D eigenvalue weighted by molar-refractivity contribution is 7.86. The van der Waals surface area contributed by atoms with Gasteiger partial charge in [0.05, 0.1) is 11.4 Å². The van der Waals surface area contributed by atoms with E-state index in [1.165, 1.54) is 84.9 Å². The van der Waals surface area contributed by atoms with Gasteiger partial charge in [-0.3, -0.25) is 28.3 Å². The van der Waals surface area contributed by atoms with Crippen molar-refractivity contribution in [2.24, 2.45) is 0 Å². The van der Waals surface area contributed by atoms with Gasteiger partial charge in [0.2, 0.25) is 0 Å². The summed E-state index contributed by atoms with van der Waals surface area (Å²) in [7, 11) is -9.63. The molecule has 0 unspecified atom stereocenters. The normalized spacial score (nSPS) is 11.5. The first-order valence-corrected chi connectivity index (χ1v) is 18.3. The van der Waals surface area contributed by atoms with Gasteiger partial charge in [-0.1, -0.05) is 36.4 Å². The lowest BCUT2D eigenvalue weighted by Gasteiger charge is -2.14. The number of rotatable bonds is 8. The maximum Gasteiger partial charge on any atom is 0.314 e. The highest BCUT2D eigenvalue weighted by Gasteiger charge is 2.24. The number of carbonyl (C=O) groups is 4. The largest absolute Gasteiger partial charge is 0.507 e. The quantitative estimate of drug-likeness (QED) is 0.0753. The molecule has 0 aliphatic carbocycles. The zero-order valence-electron chi connectivity index (χ0n) is 27.3. The molecule has 0 heterocycles. The number of hydrogen-bond acceptors (Lipinski definition) is 10. The van der Waals surface area contributed by atoms with E-state index in [0.717, 1.165) is 12.1 Å². The Labute approximate surface area is 305 Å². The van der Waals surface area contributed by atoms with E-state index < -0.39 is 53.7 Å². The molecule has 0 bridgehead atoms. The van der Waals surface area contributed by atoms with Gasteiger partial charge in [0.25, 0.3) is 32.1 Å². The van der Waals surface area contributed by atoms with Crippen LogP contribution in [0.5, 0.6) is 11.5 Å². The van der Waals surface area contributed by atoms with Gasteiger partial charge in [-0.25, -0.2) is 0 Å². The number of nitrogens with one attached hydrogen (secondary N) is 4. The van der Waals surface area contributed by atoms with E-state index in [1.54, 1.807) is 12.1 Å². The molecule has 4 amide bonds. The molecule has 6 rings (SSSR count). The molecule has 0 spiro atoms. The number of amides is 4. The second kappa shape index (κ2) is 14.3. The van der Waals surface area contributed by atoms with Crippen LogP contribution in [0.15, 0.2) is 119 Å². The molecule has 18 heteroatoms. The molecular formula is C36H26N4O12S2. The van der Waals surface area contributed by atoms with E-state index in [2.05, 4.69) is 21.3 Å². The molecule has 0 radical (unpaired) electrons. The van der Waals surface area contributed by atoms with Crippen molar-refractivity contribution < 1.29 is 55.3 Å². The molecule has 0 fully saturated rings. The molecule has 16 nitrogen and oxygen atoms in total. The van der Waals surface area contributed by atoms with Gasteiger partial charge in [0, 0.05) is 33.3 Å². The third-order valence-electron chi connectivity index (χ3n) is 8.02. The van der Waals surface area contributed by atoms with Crippen LogP contribution < -0.4 is 21.3 Å². The summed E-state index contributed by atoms with van der Waals surface area (Å²) in [5, 5.41) is 31.0. The molecule has 8 N–H and O–H groups in total. The van der Waals surface area contributed by atoms with Gasteiger partial charge in [-0.2, -0.15) is 16.8 Å². The molecule has 274 valence electrons. The van der Waals surface area contributed by atoms with E-state index in [0.29, 0.717) is 10.8 Å². The van der Waals surface area contributed by atoms with Crippen molar-refractivity contribution in [2.75, 3.05) is 21.3 Å². The lowest BCUT2D eigenvalue weighted by atomic mass is 10.1. The smallest absolute Gasteiger partial charge is 0.314 e. The monoisotopic (exact) mass is 770 g/mol. The van der Waals surface area contributed by atoms with Crippen molar-refractivity contribution >= 4 is 88.2 Å². The van der Waals surface area contributed by atoms with Crippen LogP contribution in [0.25, 0.3) is 21.5 Å². The van der Waals surface area contributed by atoms with E-state index in [9.17, 15) is 55.3 Å². The van der Waals surface area contributed by atoms with E-state index in [-0.39, 0.29) is 56.1 Å². The molecule has 0 saturated heterocycles. The van der Waals surface area contributed by atoms with Gasteiger partial charge in [-0.15, -0.1) is 0 Å². The topological polar surface area (TPSA) is 266 Å². The number of carbonyl (C=O) groups excluding carboxylic acids is 4. The van der Waals surface area contributed by atoms with Gasteiger partial charge in [0.15, 0.2) is 0 Å². The molecule has 6 aromatic carbocycles. The van der Waals surface area contributed by atoms with Crippen LogP contribution in [-0.2, 0) is 29.8 Å². The molecule has 0 aromatic heterocycles. The van der Waals surface area contributed by atoms with Crippen LogP contribution >= 0.6 is 0 Å². The first-order valence-electron chi connectivity index (χ1n) is 15.4. The predicted molar refractivity (Wildman–Crippen MR) is 197 cm³/mol. The fourth-order valence-corrected chi connectivity index (χ4v) is 6.82. The van der Waals surface area contributed by atoms with Crippen molar-refractivity contribution in [1.82, 2.24) is 0 Å². The Morgan fingerprint density at radius 3 is 1.13 bits per heavy atom. The molecule has 0 saturated carbocycles. The zero-order chi connectivity index (χ0) is 38.9. The van der Waals surface area contributed by atoms with E-state index in [1.807, 2.05) is 0 Å². The average Bonchev–Trinajstić information content (AvgIpc) is 3.11. The number of fused-ring (bicyclic) bond motifs is 2. The third kappa shape index (κ3) is 7.66. The molecule has 0 aliphatic heterocycles. The van der Waals surface area contributed by atoms with Gasteiger partial charge >= 0.3 is 11.8 Å². The predicted octanol–water partition coefficient (Wildman–Crippen LogP) is 4.98. The number of benzene rings is 6. The van der Waals surface area contributed by atoms with Gasteiger partial charge in [-0.05, 0) is 83.6 Å². The summed E-state index contributed by atoms with van der Waals surface area (Å²) in [5.74, 6) is -4.54. The summed E-state index contributed by atoms with van der Waals surface area (Å²) in [4.78, 5) is 50.1. The number of phenolic OH excluding ortho intramolecular Hbond substituents is 2. The van der Waals surface area contributed by atoms with Gasteiger partial charge < -0.3 is 31.5 Å². The molecule has 0 atom stereocenters. The minimum absolute atomic E-state index is 0.0123. The second-order valence-corrected chi connectivity index (χ2v) is 14.3. The standard InChI is InChI=1S/C36H26N4O12S2/c41-25-5-1-3-19-11-17-27(53(47,48)49)31(29(19)25)39-33(43)21-7-13-23(14-8-21)37-35(45)36(46)38-24-15-9-22(10-16-24)34(44)40-32-28(54(50,51)52)18-12-20-4-2-6-26(42)30(20)32/h1-18,41-42H,(H,37,45)(H,38,46)(H,39,43)(H,40,44)(H,47,48,49)(H,50,51,52). The van der Waals surface area contributed by atoms with Crippen LogP contribution in [0, 0.1) is 0 Å². The third-order valence-corrected chi connectivity index (χ3v) is 9.81. The highest BCUT2D eigenvalue weighted by atomic mass is 32.2. The van der Waals surface area contributed by atoms with Crippen molar-refractivity contribution in [3.05, 3.63) is 120 Å². The minimum atomic E-state index is -4.81. The maximum absolute atomic E-state index is 13.1. The number of aromatic hydroxyl groups is 2. The first-order chi connectivity index (χ1) is 25.5. The maximum atomic E-state index is 13.1. The van der Waals surface area contributed by atoms with Crippen molar-refractivity contribution in [2.45, 2.75) is 9.79 Å². The SMILES string of the molecule is O=C(Nc1ccc(C(=O)Nc2c(S(=O)(=O)O)ccc3cccc(O)c23)cc1)C(=O)Nc1ccc(C(=O)Nc2c(S(=O)(=O)O)ccc3cccc(O)c23)cc1. The Morgan fingerprint density at radius 2 is 0.796 bits per heavy atom. The Kier molecular flexibility index (Phi) is 9.76. The van der Waals surface area contributed by atoms with E-state index in [4.69, 9.17) is 0 Å². The second-order valence-electron chi connectivity index (χ2n) is 11.5. The average molecular weight is 771 g/mol. The van der Waals surface area contributed by atoms with Crippen molar-refractivity contribution in [3.8, 4) is 11.5 Å². The Bertz CT molecular complexity index is 2560. The zero-order valence-corrected chi connectivity index (χ0v) is 28.9. The van der Waals surface area contributed by atoms with Crippen molar-refractivity contribution in [3.63, 3.8) is 0 Å². The highest BCUT2D eigenvalue weighted by Crippen LogP contribution is 2.38. The van der Waals surface area contributed by atoms with Crippen molar-refractivity contribution in [1.29, 1.82) is 0 Å². The summed E-state index contributed by atoms with van der Waals surface area (Å²) >= 11 is 0. The Balaban J connectivity index is 1.11. The molecule has 6 aromatic rings. The lowest BCUT2D eigenvalue weighted by Crippen LogP contribution is -2.29. The molecular weight excluding hydrogens is 745 g/mol. The number of anilines is 4. The van der Waals surface area contributed by atoms with Crippen LogP contribution in [0.4, 0.5) is 22.7 Å². The summed E-state index contributed by atoms with van der Waals surface area (Å²) in [5.41, 5.74) is -0.523. The molecule has 54 heavy (non-hydrogen) atoms. The van der Waals surface area contributed by atoms with Gasteiger partial charge in [0.1, 0.15) is 21.3 Å². The summed E-state index contributed by atoms with van der Waals surface area (Å²) in [6.07, 6.45) is 0. The Hall–Kier alpha value is -6.86. The van der Waals surface area contributed by atoms with Crippen LogP contribution in [0.3, 0.4) is 0 Å². The lowest BCUT2D eigenvalue weighted by molar-refractivity contribution is -0.132. The minimum Gasteiger partial charge on any atom is -0.507 e. The number of phenols is 2. The summed E-state index contributed by atoms with van der Waals surface area (Å²) in [6.45, 7) is 0. The van der Waals surface area contributed by atoms with Crippen LogP contribution in [0.1, 0.15) is 20.7 Å². The number of hydrogen-bond donors (Lipinski definition) is 8. The fourth-order valence-electron chi connectivity index (χ4n) is 5.52. The summed E-state index contributed by atoms with van der Waals surface area (Å²) in [6, 6.07) is 23.8. The molecule has 0 aliphatic rings. The van der Waals surface area contributed by atoms with E-state index >= 15 is 0 Å². The fraction of sp³-hybridized carbons (Fsp3) is 0. The van der Waals surface area contributed by atoms with Crippen LogP contribution in [0.2, 0.25) is 0 Å². The summed E-state index contributed by atoms with van der Waals surface area (Å²) < 4.78 is 67.6. The first kappa shape index (κ1) is 36.9. The van der Waals surface area contributed by atoms with Crippen LogP contribution in [-0.4, -0.2) is 59.8 Å².